The van der Waals surface area contributed by atoms with Gasteiger partial charge >= 0.3 is 5.97 Å². The minimum Gasteiger partial charge on any atom is -0.496 e. The number of halogens is 2. The van der Waals surface area contributed by atoms with Crippen LogP contribution >= 0.6 is 35.0 Å². The number of esters is 1. The molecule has 27 heavy (non-hydrogen) atoms. The van der Waals surface area contributed by atoms with Crippen molar-refractivity contribution in [2.75, 3.05) is 20.0 Å². The van der Waals surface area contributed by atoms with Crippen molar-refractivity contribution in [3.63, 3.8) is 0 Å². The van der Waals surface area contributed by atoms with Crippen LogP contribution in [0.15, 0.2) is 42.5 Å². The number of amides is 1. The maximum atomic E-state index is 13.4. The van der Waals surface area contributed by atoms with Crippen molar-refractivity contribution in [2.24, 2.45) is 0 Å². The van der Waals surface area contributed by atoms with Crippen LogP contribution in [0.4, 0.5) is 0 Å². The van der Waals surface area contributed by atoms with Crippen LogP contribution in [0, 0.1) is 0 Å². The number of hydrogen-bond acceptors (Lipinski definition) is 5. The number of nitrogens with zero attached hydrogens (tertiary/aromatic N) is 1. The van der Waals surface area contributed by atoms with Crippen molar-refractivity contribution < 1.29 is 19.1 Å². The quantitative estimate of drug-likeness (QED) is 0.677. The van der Waals surface area contributed by atoms with Gasteiger partial charge in [0.05, 0.1) is 29.8 Å². The first kappa shape index (κ1) is 19.9. The summed E-state index contributed by atoms with van der Waals surface area (Å²) in [5.41, 5.74) is 1.16. The molecule has 2 unspecified atom stereocenters. The zero-order valence-corrected chi connectivity index (χ0v) is 17.0. The van der Waals surface area contributed by atoms with Crippen molar-refractivity contribution in [1.82, 2.24) is 4.90 Å². The molecule has 0 saturated carbocycles. The first-order chi connectivity index (χ1) is 13.0. The summed E-state index contributed by atoms with van der Waals surface area (Å²) in [6.45, 7) is 0. The Morgan fingerprint density at radius 3 is 2.52 bits per heavy atom. The average Bonchev–Trinajstić information content (AvgIpc) is 3.13. The lowest BCUT2D eigenvalue weighted by molar-refractivity contribution is -0.145. The predicted molar refractivity (Wildman–Crippen MR) is 107 cm³/mol. The molecule has 142 valence electrons. The van der Waals surface area contributed by atoms with Crippen molar-refractivity contribution in [1.29, 1.82) is 0 Å². The van der Waals surface area contributed by atoms with Crippen LogP contribution in [0.1, 0.15) is 21.3 Å². The third-order valence-electron chi connectivity index (χ3n) is 4.27. The molecule has 5 nitrogen and oxygen atoms in total. The summed E-state index contributed by atoms with van der Waals surface area (Å²) in [4.78, 5) is 27.2. The zero-order chi connectivity index (χ0) is 19.6. The number of rotatable bonds is 4. The molecule has 0 spiro atoms. The van der Waals surface area contributed by atoms with Crippen LogP contribution in [0.3, 0.4) is 0 Å². The van der Waals surface area contributed by atoms with Crippen molar-refractivity contribution in [3.05, 3.63) is 63.6 Å². The van der Waals surface area contributed by atoms with Crippen LogP contribution in [-0.4, -0.2) is 42.8 Å². The second-order valence-corrected chi connectivity index (χ2v) is 7.74. The van der Waals surface area contributed by atoms with Gasteiger partial charge in [0.1, 0.15) is 17.2 Å². The summed E-state index contributed by atoms with van der Waals surface area (Å²) >= 11 is 13.6. The summed E-state index contributed by atoms with van der Waals surface area (Å²) in [5, 5.41) is 0.415. The van der Waals surface area contributed by atoms with Crippen LogP contribution in [0.5, 0.6) is 5.75 Å². The highest BCUT2D eigenvalue weighted by Gasteiger charge is 2.44. The van der Waals surface area contributed by atoms with E-state index in [1.165, 1.54) is 30.9 Å². The average molecular weight is 426 g/mol. The van der Waals surface area contributed by atoms with E-state index in [0.717, 1.165) is 5.56 Å². The Hall–Kier alpha value is -1.89. The topological polar surface area (TPSA) is 55.8 Å². The van der Waals surface area contributed by atoms with Gasteiger partial charge in [-0.1, -0.05) is 41.4 Å². The highest BCUT2D eigenvalue weighted by Crippen LogP contribution is 2.44. The molecule has 1 saturated heterocycles. The van der Waals surface area contributed by atoms with Gasteiger partial charge in [0, 0.05) is 5.75 Å². The fraction of sp³-hybridized carbons (Fsp3) is 0.263. The Balaban J connectivity index is 2.04. The molecule has 0 N–H and O–H groups in total. The molecule has 0 aliphatic carbocycles. The van der Waals surface area contributed by atoms with E-state index in [9.17, 15) is 9.59 Å². The van der Waals surface area contributed by atoms with E-state index < -0.39 is 17.4 Å². The highest BCUT2D eigenvalue weighted by atomic mass is 35.5. The van der Waals surface area contributed by atoms with E-state index in [2.05, 4.69) is 0 Å². The minimum absolute atomic E-state index is 0.316. The molecular formula is C19H17Cl2NO4S. The lowest BCUT2D eigenvalue weighted by Crippen LogP contribution is -2.43. The van der Waals surface area contributed by atoms with Gasteiger partial charge in [-0.25, -0.2) is 4.79 Å². The molecule has 2 aromatic carbocycles. The first-order valence-corrected chi connectivity index (χ1v) is 9.88. The third-order valence-corrected chi connectivity index (χ3v) is 6.34. The number of benzene rings is 2. The monoisotopic (exact) mass is 425 g/mol. The Morgan fingerprint density at radius 2 is 1.85 bits per heavy atom. The molecule has 8 heteroatoms. The second-order valence-electron chi connectivity index (χ2n) is 5.81. The largest absolute Gasteiger partial charge is 0.496 e. The zero-order valence-electron chi connectivity index (χ0n) is 14.6. The van der Waals surface area contributed by atoms with Crippen LogP contribution in [0.25, 0.3) is 0 Å². The van der Waals surface area contributed by atoms with E-state index in [1.807, 2.05) is 0 Å². The molecule has 1 heterocycles. The summed E-state index contributed by atoms with van der Waals surface area (Å²) in [5.74, 6) is 0.0755. The van der Waals surface area contributed by atoms with Gasteiger partial charge in [-0.2, -0.15) is 0 Å². The van der Waals surface area contributed by atoms with E-state index >= 15 is 0 Å². The normalized spacial score (nSPS) is 19.0. The first-order valence-electron chi connectivity index (χ1n) is 8.08. The molecule has 0 bridgehead atoms. The Kier molecular flexibility index (Phi) is 6.19. The van der Waals surface area contributed by atoms with Crippen molar-refractivity contribution >= 4 is 46.8 Å². The SMILES string of the molecule is COC(=O)C1CSC(c2ccc(Cl)c(Cl)c2)N1C(=O)c1ccccc1OC. The molecule has 1 amide bonds. The molecule has 1 aliphatic heterocycles. The molecule has 2 atom stereocenters. The second kappa shape index (κ2) is 8.42. The van der Waals surface area contributed by atoms with Gasteiger partial charge < -0.3 is 14.4 Å². The van der Waals surface area contributed by atoms with Gasteiger partial charge in [0.25, 0.3) is 5.91 Å². The number of carbonyl (C=O) groups excluding carboxylic acids is 2. The fourth-order valence-electron chi connectivity index (χ4n) is 2.96. The van der Waals surface area contributed by atoms with Gasteiger partial charge in [0.2, 0.25) is 0 Å². The molecule has 3 rings (SSSR count). The van der Waals surface area contributed by atoms with Crippen LogP contribution in [0.2, 0.25) is 10.0 Å². The number of para-hydroxylation sites is 1. The Morgan fingerprint density at radius 1 is 1.11 bits per heavy atom. The van der Waals surface area contributed by atoms with Crippen LogP contribution < -0.4 is 4.74 Å². The maximum Gasteiger partial charge on any atom is 0.329 e. The molecule has 0 aromatic heterocycles. The smallest absolute Gasteiger partial charge is 0.329 e. The summed E-state index contributed by atoms with van der Waals surface area (Å²) in [7, 11) is 2.81. The molecule has 1 aliphatic rings. The van der Waals surface area contributed by atoms with Gasteiger partial charge in [-0.15, -0.1) is 11.8 Å². The predicted octanol–water partition coefficient (Wildman–Crippen LogP) is 4.43. The van der Waals surface area contributed by atoms with Crippen molar-refractivity contribution in [3.8, 4) is 5.75 Å². The van der Waals surface area contributed by atoms with Gasteiger partial charge in [-0.05, 0) is 29.8 Å². The highest BCUT2D eigenvalue weighted by molar-refractivity contribution is 7.99. The fourth-order valence-corrected chi connectivity index (χ4v) is 4.67. The van der Waals surface area contributed by atoms with Gasteiger partial charge in [-0.3, -0.25) is 4.79 Å². The third kappa shape index (κ3) is 3.88. The summed E-state index contributed by atoms with van der Waals surface area (Å²) in [6.07, 6.45) is 0. The lowest BCUT2D eigenvalue weighted by Gasteiger charge is -2.29. The Bertz CT molecular complexity index is 877. The van der Waals surface area contributed by atoms with E-state index in [-0.39, 0.29) is 5.91 Å². The number of ether oxygens (including phenoxy) is 2. The van der Waals surface area contributed by atoms with E-state index in [1.54, 1.807) is 42.5 Å². The maximum absolute atomic E-state index is 13.4. The molecule has 1 fully saturated rings. The lowest BCUT2D eigenvalue weighted by atomic mass is 10.1. The summed E-state index contributed by atoms with van der Waals surface area (Å²) < 4.78 is 10.2. The van der Waals surface area contributed by atoms with E-state index in [4.69, 9.17) is 32.7 Å². The number of methoxy groups -OCH3 is 2. The minimum atomic E-state index is -0.711. The van der Waals surface area contributed by atoms with E-state index in [0.29, 0.717) is 27.1 Å². The van der Waals surface area contributed by atoms with Gasteiger partial charge in [0.15, 0.2) is 0 Å². The Labute approximate surface area is 171 Å². The molecular weight excluding hydrogens is 409 g/mol. The number of carbonyl (C=O) groups is 2. The van der Waals surface area contributed by atoms with Crippen LogP contribution in [-0.2, 0) is 9.53 Å². The molecule has 0 radical (unpaired) electrons. The standard InChI is InChI=1S/C19H17Cl2NO4S/c1-25-16-6-4-3-5-12(16)17(23)22-15(19(24)26-2)10-27-18(22)11-7-8-13(20)14(21)9-11/h3-9,15,18H,10H2,1-2H3. The summed E-state index contributed by atoms with van der Waals surface area (Å²) in [6, 6.07) is 11.4. The number of hydrogen-bond donors (Lipinski definition) is 0. The molecule has 2 aromatic rings. The van der Waals surface area contributed by atoms with Crippen molar-refractivity contribution in [2.45, 2.75) is 11.4 Å². The number of thioether (sulfide) groups is 1.